The first-order valence-electron chi connectivity index (χ1n) is 4.75. The molecule has 0 aliphatic rings. The molecular weight excluding hydrogens is 164 g/mol. The molecule has 0 spiro atoms. The van der Waals surface area contributed by atoms with E-state index in [0.29, 0.717) is 0 Å². The van der Waals surface area contributed by atoms with Gasteiger partial charge in [0.1, 0.15) is 0 Å². The predicted molar refractivity (Wildman–Crippen MR) is 57.1 cm³/mol. The van der Waals surface area contributed by atoms with Crippen LogP contribution in [0.4, 0.5) is 0 Å². The highest BCUT2D eigenvalue weighted by atomic mass is 16.5. The fourth-order valence-corrected chi connectivity index (χ4v) is 1.07. The molecule has 3 heteroatoms. The Balaban J connectivity index is 3.41. The monoisotopic (exact) mass is 186 g/mol. The van der Waals surface area contributed by atoms with Gasteiger partial charge >= 0.3 is 0 Å². The van der Waals surface area contributed by atoms with Gasteiger partial charge in [-0.25, -0.2) is 0 Å². The summed E-state index contributed by atoms with van der Waals surface area (Å²) >= 11 is 0. The molecule has 0 bridgehead atoms. The Labute approximate surface area is 81.8 Å². The summed E-state index contributed by atoms with van der Waals surface area (Å²) in [4.78, 5) is 2.21. The van der Waals surface area contributed by atoms with Crippen LogP contribution in [-0.4, -0.2) is 51.8 Å². The molecule has 3 nitrogen and oxygen atoms in total. The normalized spacial score (nSPS) is 10.8. The van der Waals surface area contributed by atoms with Crippen LogP contribution in [0.1, 0.15) is 6.92 Å². The van der Waals surface area contributed by atoms with Crippen molar-refractivity contribution < 1.29 is 4.74 Å². The van der Waals surface area contributed by atoms with Crippen molar-refractivity contribution in [3.05, 3.63) is 12.2 Å². The van der Waals surface area contributed by atoms with Crippen LogP contribution in [0.2, 0.25) is 0 Å². The number of methoxy groups -OCH3 is 1. The molecule has 0 atom stereocenters. The maximum Gasteiger partial charge on any atom is 0.0589 e. The van der Waals surface area contributed by atoms with Gasteiger partial charge in [0.15, 0.2) is 0 Å². The zero-order valence-corrected chi connectivity index (χ0v) is 9.10. The third kappa shape index (κ3) is 7.96. The van der Waals surface area contributed by atoms with Crippen LogP contribution in [0.25, 0.3) is 0 Å². The van der Waals surface area contributed by atoms with Gasteiger partial charge in [0.25, 0.3) is 0 Å². The quantitative estimate of drug-likeness (QED) is 0.566. The van der Waals surface area contributed by atoms with Crippen molar-refractivity contribution in [2.24, 2.45) is 0 Å². The molecular formula is C10H22N2O. The molecule has 0 saturated heterocycles. The molecule has 0 rings (SSSR count). The lowest BCUT2D eigenvalue weighted by atomic mass is 10.3. The van der Waals surface area contributed by atoms with Crippen LogP contribution in [-0.2, 0) is 4.74 Å². The number of hydrogen-bond donors (Lipinski definition) is 1. The van der Waals surface area contributed by atoms with E-state index in [1.54, 1.807) is 7.11 Å². The predicted octanol–water partition coefficient (Wildman–Crippen LogP) is 0.730. The Hall–Kier alpha value is -0.380. The minimum Gasteiger partial charge on any atom is -0.383 e. The van der Waals surface area contributed by atoms with Crippen molar-refractivity contribution in [1.82, 2.24) is 10.2 Å². The third-order valence-corrected chi connectivity index (χ3v) is 1.80. The zero-order chi connectivity index (χ0) is 10.1. The van der Waals surface area contributed by atoms with Gasteiger partial charge in [-0.05, 0) is 19.2 Å². The molecule has 0 aromatic heterocycles. The van der Waals surface area contributed by atoms with Crippen molar-refractivity contribution in [3.63, 3.8) is 0 Å². The van der Waals surface area contributed by atoms with Crippen LogP contribution in [0.3, 0.4) is 0 Å². The molecule has 0 fully saturated rings. The topological polar surface area (TPSA) is 24.5 Å². The molecule has 0 aliphatic heterocycles. The highest BCUT2D eigenvalue weighted by Gasteiger charge is 1.99. The Morgan fingerprint density at radius 2 is 2.23 bits per heavy atom. The summed E-state index contributed by atoms with van der Waals surface area (Å²) in [6.07, 6.45) is 0. The molecule has 0 aromatic carbocycles. The summed E-state index contributed by atoms with van der Waals surface area (Å²) in [7, 11) is 3.80. The Morgan fingerprint density at radius 3 is 2.77 bits per heavy atom. The van der Waals surface area contributed by atoms with E-state index in [-0.39, 0.29) is 0 Å². The van der Waals surface area contributed by atoms with Crippen molar-refractivity contribution in [3.8, 4) is 0 Å². The second kappa shape index (κ2) is 8.23. The summed E-state index contributed by atoms with van der Waals surface area (Å²) in [6, 6.07) is 0. The number of likely N-dealkylation sites (N-methyl/N-ethyl adjacent to an activating group) is 2. The maximum absolute atomic E-state index is 4.99. The maximum atomic E-state index is 4.99. The second-order valence-electron chi connectivity index (χ2n) is 3.26. The molecule has 0 aliphatic carbocycles. The van der Waals surface area contributed by atoms with Gasteiger partial charge in [-0.2, -0.15) is 0 Å². The third-order valence-electron chi connectivity index (χ3n) is 1.80. The molecule has 0 aromatic rings. The molecule has 0 heterocycles. The summed E-state index contributed by atoms with van der Waals surface area (Å²) < 4.78 is 4.99. The minimum absolute atomic E-state index is 0.783. The first kappa shape index (κ1) is 12.6. The molecule has 0 unspecified atom stereocenters. The van der Waals surface area contributed by atoms with E-state index in [1.807, 2.05) is 0 Å². The Kier molecular flexibility index (Phi) is 7.99. The first-order valence-corrected chi connectivity index (χ1v) is 4.75. The lowest BCUT2D eigenvalue weighted by molar-refractivity contribution is 0.165. The molecule has 0 amide bonds. The summed E-state index contributed by atoms with van der Waals surface area (Å²) in [5, 5.41) is 3.25. The van der Waals surface area contributed by atoms with Gasteiger partial charge in [-0.3, -0.25) is 0 Å². The van der Waals surface area contributed by atoms with Crippen LogP contribution < -0.4 is 5.32 Å². The Bertz CT molecular complexity index is 137. The second-order valence-corrected chi connectivity index (χ2v) is 3.26. The van der Waals surface area contributed by atoms with E-state index in [0.717, 1.165) is 32.8 Å². The standard InChI is InChI=1S/C10H22N2O/c1-5-11-8-10(2)9-12(3)6-7-13-4/h11H,2,5-9H2,1,3-4H3. The van der Waals surface area contributed by atoms with Gasteiger partial charge in [-0.15, -0.1) is 0 Å². The van der Waals surface area contributed by atoms with E-state index < -0.39 is 0 Å². The number of nitrogens with zero attached hydrogens (tertiary/aromatic N) is 1. The van der Waals surface area contributed by atoms with Crippen molar-refractivity contribution >= 4 is 0 Å². The van der Waals surface area contributed by atoms with E-state index in [9.17, 15) is 0 Å². The Morgan fingerprint density at radius 1 is 1.54 bits per heavy atom. The number of nitrogens with one attached hydrogen (secondary N) is 1. The number of hydrogen-bond acceptors (Lipinski definition) is 3. The SMILES string of the molecule is C=C(CNCC)CN(C)CCOC. The van der Waals surface area contributed by atoms with Crippen LogP contribution in [0.5, 0.6) is 0 Å². The highest BCUT2D eigenvalue weighted by Crippen LogP contribution is 1.92. The first-order chi connectivity index (χ1) is 6.20. The lowest BCUT2D eigenvalue weighted by Gasteiger charge is -2.17. The fraction of sp³-hybridized carbons (Fsp3) is 0.800. The van der Waals surface area contributed by atoms with E-state index in [2.05, 4.69) is 30.8 Å². The van der Waals surface area contributed by atoms with E-state index in [4.69, 9.17) is 4.74 Å². The highest BCUT2D eigenvalue weighted by molar-refractivity contribution is 4.99. The van der Waals surface area contributed by atoms with Crippen LogP contribution in [0, 0.1) is 0 Å². The molecule has 13 heavy (non-hydrogen) atoms. The molecule has 1 N–H and O–H groups in total. The van der Waals surface area contributed by atoms with Crippen molar-refractivity contribution in [2.75, 3.05) is 46.9 Å². The summed E-state index contributed by atoms with van der Waals surface area (Å²) in [5.41, 5.74) is 1.22. The van der Waals surface area contributed by atoms with Gasteiger partial charge < -0.3 is 15.0 Å². The van der Waals surface area contributed by atoms with Crippen molar-refractivity contribution in [2.45, 2.75) is 6.92 Å². The number of rotatable bonds is 8. The van der Waals surface area contributed by atoms with E-state index in [1.165, 1.54) is 5.57 Å². The minimum atomic E-state index is 0.783. The summed E-state index contributed by atoms with van der Waals surface area (Å²) in [6.45, 7) is 10.7. The van der Waals surface area contributed by atoms with Crippen LogP contribution in [0.15, 0.2) is 12.2 Å². The molecule has 0 saturated carbocycles. The van der Waals surface area contributed by atoms with Gasteiger partial charge in [0.05, 0.1) is 6.61 Å². The van der Waals surface area contributed by atoms with Gasteiger partial charge in [0.2, 0.25) is 0 Å². The van der Waals surface area contributed by atoms with Gasteiger partial charge in [-0.1, -0.05) is 13.5 Å². The molecule has 0 radical (unpaired) electrons. The number of ether oxygens (including phenoxy) is 1. The lowest BCUT2D eigenvalue weighted by Crippen LogP contribution is -2.28. The van der Waals surface area contributed by atoms with Crippen molar-refractivity contribution in [1.29, 1.82) is 0 Å². The smallest absolute Gasteiger partial charge is 0.0589 e. The average molecular weight is 186 g/mol. The van der Waals surface area contributed by atoms with Crippen LogP contribution >= 0.6 is 0 Å². The summed E-state index contributed by atoms with van der Waals surface area (Å²) in [5.74, 6) is 0. The van der Waals surface area contributed by atoms with Gasteiger partial charge in [0, 0.05) is 26.7 Å². The molecule has 78 valence electrons. The average Bonchev–Trinajstić information content (AvgIpc) is 2.11. The van der Waals surface area contributed by atoms with E-state index >= 15 is 0 Å². The zero-order valence-electron chi connectivity index (χ0n) is 9.10. The fourth-order valence-electron chi connectivity index (χ4n) is 1.07. The largest absolute Gasteiger partial charge is 0.383 e.